The van der Waals surface area contributed by atoms with E-state index in [9.17, 15) is 5.26 Å². The average Bonchev–Trinajstić information content (AvgIpc) is 2.86. The third-order valence-electron chi connectivity index (χ3n) is 6.57. The van der Waals surface area contributed by atoms with Crippen LogP contribution in [0.4, 0.5) is 0 Å². The molecular weight excluding hydrogens is 420 g/mol. The molecule has 5 heteroatoms. The maximum Gasteiger partial charge on any atom is 0.119 e. The highest BCUT2D eigenvalue weighted by Crippen LogP contribution is 2.29. The van der Waals surface area contributed by atoms with Gasteiger partial charge in [0, 0.05) is 44.8 Å². The van der Waals surface area contributed by atoms with Gasteiger partial charge in [-0.3, -0.25) is 9.80 Å². The molecule has 1 unspecified atom stereocenters. The van der Waals surface area contributed by atoms with E-state index < -0.39 is 0 Å². The second-order valence-corrected chi connectivity index (χ2v) is 8.96. The van der Waals surface area contributed by atoms with Crippen LogP contribution in [0.5, 0.6) is 5.75 Å². The van der Waals surface area contributed by atoms with E-state index in [0.717, 1.165) is 55.2 Å². The molecule has 2 aromatic carbocycles. The van der Waals surface area contributed by atoms with Crippen molar-refractivity contribution in [2.75, 3.05) is 39.3 Å². The van der Waals surface area contributed by atoms with Crippen LogP contribution >= 0.6 is 0 Å². The molecule has 1 saturated heterocycles. The first kappa shape index (κ1) is 25.5. The number of piperazine rings is 1. The highest BCUT2D eigenvalue weighted by molar-refractivity contribution is 5.53. The van der Waals surface area contributed by atoms with Gasteiger partial charge in [-0.25, -0.2) is 0 Å². The van der Waals surface area contributed by atoms with Gasteiger partial charge in [0.05, 0.1) is 17.7 Å². The maximum atomic E-state index is 9.30. The molecule has 1 atom stereocenters. The van der Waals surface area contributed by atoms with Gasteiger partial charge in [0.15, 0.2) is 0 Å². The predicted molar refractivity (Wildman–Crippen MR) is 137 cm³/mol. The maximum absolute atomic E-state index is 9.30. The zero-order chi connectivity index (χ0) is 24.2. The molecule has 3 rings (SSSR count). The Morgan fingerprint density at radius 2 is 1.88 bits per heavy atom. The molecule has 0 radical (unpaired) electrons. The summed E-state index contributed by atoms with van der Waals surface area (Å²) in [4.78, 5) is 5.10. The number of nitriles is 2. The molecule has 0 amide bonds. The zero-order valence-corrected chi connectivity index (χ0v) is 20.5. The van der Waals surface area contributed by atoms with E-state index in [2.05, 4.69) is 34.9 Å². The van der Waals surface area contributed by atoms with Gasteiger partial charge in [0.25, 0.3) is 0 Å². The lowest BCUT2D eigenvalue weighted by atomic mass is 9.95. The minimum Gasteiger partial charge on any atom is -0.492 e. The first-order valence-electron chi connectivity index (χ1n) is 12.4. The average molecular weight is 457 g/mol. The number of unbranched alkanes of at least 4 members (excludes halogenated alkanes) is 2. The van der Waals surface area contributed by atoms with Crippen LogP contribution in [0.15, 0.2) is 48.5 Å². The van der Waals surface area contributed by atoms with Crippen molar-refractivity contribution in [3.05, 3.63) is 70.8 Å². The van der Waals surface area contributed by atoms with Crippen LogP contribution < -0.4 is 4.74 Å². The number of ether oxygens (including phenoxy) is 1. The fourth-order valence-corrected chi connectivity index (χ4v) is 4.60. The lowest BCUT2D eigenvalue weighted by Crippen LogP contribution is -2.48. The topological polar surface area (TPSA) is 63.3 Å². The summed E-state index contributed by atoms with van der Waals surface area (Å²) in [5.74, 6) is 0.839. The van der Waals surface area contributed by atoms with Crippen LogP contribution in [0.3, 0.4) is 0 Å². The molecule has 0 aliphatic carbocycles. The fourth-order valence-electron chi connectivity index (χ4n) is 4.60. The first-order valence-corrected chi connectivity index (χ1v) is 12.4. The van der Waals surface area contributed by atoms with E-state index >= 15 is 0 Å². The van der Waals surface area contributed by atoms with E-state index in [1.54, 1.807) is 6.08 Å². The number of aryl methyl sites for hydroxylation is 1. The molecule has 0 N–H and O–H groups in total. The van der Waals surface area contributed by atoms with Gasteiger partial charge < -0.3 is 4.74 Å². The lowest BCUT2D eigenvalue weighted by molar-refractivity contribution is 0.0817. The number of nitrogens with zero attached hydrogens (tertiary/aromatic N) is 4. The Labute approximate surface area is 204 Å². The van der Waals surface area contributed by atoms with Crippen LogP contribution in [0.2, 0.25) is 0 Å². The van der Waals surface area contributed by atoms with Crippen LogP contribution in [0, 0.1) is 29.6 Å². The van der Waals surface area contributed by atoms with E-state index in [1.807, 2.05) is 43.3 Å². The number of allylic oxidation sites excluding steroid dienone is 1. The second-order valence-electron chi connectivity index (χ2n) is 8.96. The monoisotopic (exact) mass is 456 g/mol. The second kappa shape index (κ2) is 13.6. The van der Waals surface area contributed by atoms with Gasteiger partial charge in [-0.1, -0.05) is 50.5 Å². The zero-order valence-electron chi connectivity index (χ0n) is 20.5. The van der Waals surface area contributed by atoms with Gasteiger partial charge in [0.1, 0.15) is 12.4 Å². The summed E-state index contributed by atoms with van der Waals surface area (Å²) in [6.07, 6.45) is 8.16. The van der Waals surface area contributed by atoms with Crippen LogP contribution in [-0.4, -0.2) is 49.1 Å². The van der Waals surface area contributed by atoms with Crippen molar-refractivity contribution < 1.29 is 4.74 Å². The summed E-state index contributed by atoms with van der Waals surface area (Å²) in [6, 6.07) is 18.9. The molecule has 0 spiro atoms. The number of benzene rings is 2. The number of rotatable bonds is 11. The van der Waals surface area contributed by atoms with Crippen LogP contribution in [0.1, 0.15) is 60.9 Å². The summed E-state index contributed by atoms with van der Waals surface area (Å²) in [7, 11) is 0. The molecule has 0 bridgehead atoms. The molecular formula is C29H36N4O. The predicted octanol–water partition coefficient (Wildman–Crippen LogP) is 5.72. The number of hydrogen-bond donors (Lipinski definition) is 0. The summed E-state index contributed by atoms with van der Waals surface area (Å²) < 4.78 is 5.98. The Bertz CT molecular complexity index is 1030. The van der Waals surface area contributed by atoms with E-state index in [1.165, 1.54) is 37.3 Å². The van der Waals surface area contributed by atoms with Gasteiger partial charge >= 0.3 is 0 Å². The quantitative estimate of drug-likeness (QED) is 0.320. The highest BCUT2D eigenvalue weighted by Gasteiger charge is 2.25. The summed E-state index contributed by atoms with van der Waals surface area (Å²) in [5, 5.41) is 18.0. The van der Waals surface area contributed by atoms with Crippen molar-refractivity contribution in [1.82, 2.24) is 9.80 Å². The largest absolute Gasteiger partial charge is 0.492 e. The van der Waals surface area contributed by atoms with Crippen molar-refractivity contribution >= 4 is 6.08 Å². The molecule has 1 fully saturated rings. The number of hydrogen-bond acceptors (Lipinski definition) is 5. The van der Waals surface area contributed by atoms with Crippen molar-refractivity contribution in [2.24, 2.45) is 0 Å². The Morgan fingerprint density at radius 3 is 2.59 bits per heavy atom. The summed E-state index contributed by atoms with van der Waals surface area (Å²) in [6.45, 7) is 10.0. The smallest absolute Gasteiger partial charge is 0.119 e. The van der Waals surface area contributed by atoms with Crippen molar-refractivity contribution in [3.8, 4) is 17.9 Å². The molecule has 1 aliphatic rings. The molecule has 34 heavy (non-hydrogen) atoms. The van der Waals surface area contributed by atoms with Crippen LogP contribution in [0.25, 0.3) is 6.08 Å². The Hall–Kier alpha value is -3.12. The van der Waals surface area contributed by atoms with Crippen LogP contribution in [-0.2, 0) is 0 Å². The van der Waals surface area contributed by atoms with Gasteiger partial charge in [-0.2, -0.15) is 10.5 Å². The van der Waals surface area contributed by atoms with Gasteiger partial charge in [-0.05, 0) is 54.3 Å². The minimum atomic E-state index is 0.417. The van der Waals surface area contributed by atoms with Crippen molar-refractivity contribution in [2.45, 2.75) is 45.6 Å². The third-order valence-corrected chi connectivity index (χ3v) is 6.57. The van der Waals surface area contributed by atoms with Gasteiger partial charge in [-0.15, -0.1) is 0 Å². The first-order chi connectivity index (χ1) is 16.6. The normalized spacial score (nSPS) is 15.6. The summed E-state index contributed by atoms with van der Waals surface area (Å²) >= 11 is 0. The lowest BCUT2D eigenvalue weighted by Gasteiger charge is -2.39. The van der Waals surface area contributed by atoms with E-state index in [0.29, 0.717) is 12.6 Å². The Morgan fingerprint density at radius 1 is 1.06 bits per heavy atom. The van der Waals surface area contributed by atoms with Crippen molar-refractivity contribution in [3.63, 3.8) is 0 Å². The minimum absolute atomic E-state index is 0.417. The fraction of sp³-hybridized carbons (Fsp3) is 0.448. The third kappa shape index (κ3) is 7.45. The molecule has 2 aromatic rings. The molecule has 1 aliphatic heterocycles. The molecule has 1 heterocycles. The molecule has 178 valence electrons. The highest BCUT2D eigenvalue weighted by atomic mass is 16.5. The Balaban J connectivity index is 1.53. The Kier molecular flexibility index (Phi) is 10.2. The van der Waals surface area contributed by atoms with Gasteiger partial charge in [0.2, 0.25) is 0 Å². The van der Waals surface area contributed by atoms with E-state index in [4.69, 9.17) is 10.00 Å². The van der Waals surface area contributed by atoms with Crippen molar-refractivity contribution in [1.29, 1.82) is 10.5 Å². The summed E-state index contributed by atoms with van der Waals surface area (Å²) in [5.41, 5.74) is 4.16. The SMILES string of the molecule is CCCCCC(c1ccc(C#N)c(C)c1)N1CCN(CCOc2cccc(C=CC#N)c2)CC1. The standard InChI is InChI=1S/C29H36N4O/c1-3-4-5-11-29(26-12-13-27(23-31)24(2)21-26)33-17-15-32(16-18-33)19-20-34-28-10-6-8-25(22-28)9-7-14-30/h6-10,12-13,21-22,29H,3-5,11,15-20H2,1-2H3. The molecule has 5 nitrogen and oxygen atoms in total. The molecule has 0 saturated carbocycles. The molecule has 0 aromatic heterocycles. The van der Waals surface area contributed by atoms with E-state index in [-0.39, 0.29) is 0 Å².